The van der Waals surface area contributed by atoms with Crippen molar-refractivity contribution >= 4 is 5.91 Å². The highest BCUT2D eigenvalue weighted by molar-refractivity contribution is 5.94. The molecule has 2 aliphatic rings. The Balaban J connectivity index is 2.00. The molecule has 1 amide bonds. The molecular formula is C19H32N2O. The number of nitrogens with zero attached hydrogens (tertiary/aromatic N) is 1. The zero-order valence-electron chi connectivity index (χ0n) is 14.6. The van der Waals surface area contributed by atoms with E-state index in [1.807, 2.05) is 6.20 Å². The molecule has 22 heavy (non-hydrogen) atoms. The van der Waals surface area contributed by atoms with E-state index < -0.39 is 0 Å². The fourth-order valence-electron chi connectivity index (χ4n) is 3.79. The molecule has 3 nitrogen and oxygen atoms in total. The molecule has 0 aromatic rings. The van der Waals surface area contributed by atoms with Crippen molar-refractivity contribution in [3.63, 3.8) is 0 Å². The van der Waals surface area contributed by atoms with Gasteiger partial charge in [0.05, 0.1) is 0 Å². The molecule has 0 aromatic heterocycles. The number of rotatable bonds is 5. The predicted molar refractivity (Wildman–Crippen MR) is 92.1 cm³/mol. The zero-order valence-corrected chi connectivity index (χ0v) is 14.6. The number of allylic oxidation sites excluding steroid dienone is 1. The average molecular weight is 304 g/mol. The van der Waals surface area contributed by atoms with E-state index in [1.165, 1.54) is 12.8 Å². The third-order valence-corrected chi connectivity index (χ3v) is 5.07. The lowest BCUT2D eigenvalue weighted by Gasteiger charge is -2.38. The first-order valence-corrected chi connectivity index (χ1v) is 8.95. The Bertz CT molecular complexity index is 439. The number of amides is 1. The number of carbonyl (C=O) groups is 1. The lowest BCUT2D eigenvalue weighted by atomic mass is 9.74. The van der Waals surface area contributed by atoms with Crippen LogP contribution in [0.3, 0.4) is 0 Å². The highest BCUT2D eigenvalue weighted by Crippen LogP contribution is 2.33. The molecule has 124 valence electrons. The predicted octanol–water partition coefficient (Wildman–Crippen LogP) is 4.08. The van der Waals surface area contributed by atoms with Crippen molar-refractivity contribution < 1.29 is 4.79 Å². The molecule has 2 rings (SSSR count). The van der Waals surface area contributed by atoms with Crippen molar-refractivity contribution in [2.75, 3.05) is 6.54 Å². The summed E-state index contributed by atoms with van der Waals surface area (Å²) in [6, 6.07) is 0.336. The monoisotopic (exact) mass is 304 g/mol. The van der Waals surface area contributed by atoms with Crippen LogP contribution in [0.4, 0.5) is 0 Å². The van der Waals surface area contributed by atoms with Crippen molar-refractivity contribution in [3.8, 4) is 0 Å². The van der Waals surface area contributed by atoms with Crippen LogP contribution >= 0.6 is 0 Å². The quantitative estimate of drug-likeness (QED) is 0.830. The van der Waals surface area contributed by atoms with Gasteiger partial charge < -0.3 is 10.2 Å². The van der Waals surface area contributed by atoms with Crippen LogP contribution in [-0.2, 0) is 4.79 Å². The van der Waals surface area contributed by atoms with E-state index in [2.05, 4.69) is 50.2 Å². The third-order valence-electron chi connectivity index (χ3n) is 5.07. The minimum Gasteiger partial charge on any atom is -0.354 e. The van der Waals surface area contributed by atoms with Crippen molar-refractivity contribution in [2.24, 2.45) is 17.8 Å². The third kappa shape index (κ3) is 4.37. The van der Waals surface area contributed by atoms with Crippen LogP contribution in [-0.4, -0.2) is 23.4 Å². The SMILES string of the molecule is CCCN1C=CCC(C(=O)N[C@@H]2C[C@H](C)CC[C@H]2C(C)C)=C1. The molecule has 0 saturated heterocycles. The van der Waals surface area contributed by atoms with Crippen LogP contribution in [0, 0.1) is 17.8 Å². The average Bonchev–Trinajstić information content (AvgIpc) is 2.47. The smallest absolute Gasteiger partial charge is 0.249 e. The minimum absolute atomic E-state index is 0.134. The molecule has 1 saturated carbocycles. The van der Waals surface area contributed by atoms with Crippen LogP contribution in [0.15, 0.2) is 24.0 Å². The van der Waals surface area contributed by atoms with Gasteiger partial charge in [-0.2, -0.15) is 0 Å². The first kappa shape index (κ1) is 17.1. The summed E-state index contributed by atoms with van der Waals surface area (Å²) < 4.78 is 0. The molecule has 1 fully saturated rings. The molecule has 0 spiro atoms. The molecule has 0 radical (unpaired) electrons. The van der Waals surface area contributed by atoms with E-state index in [-0.39, 0.29) is 5.91 Å². The van der Waals surface area contributed by atoms with E-state index >= 15 is 0 Å². The van der Waals surface area contributed by atoms with Crippen LogP contribution in [0.5, 0.6) is 0 Å². The molecule has 0 bridgehead atoms. The van der Waals surface area contributed by atoms with Crippen molar-refractivity contribution in [1.82, 2.24) is 10.2 Å². The van der Waals surface area contributed by atoms with Gasteiger partial charge in [0.25, 0.3) is 0 Å². The molecule has 1 N–H and O–H groups in total. The van der Waals surface area contributed by atoms with Crippen LogP contribution in [0.2, 0.25) is 0 Å². The Morgan fingerprint density at radius 3 is 2.86 bits per heavy atom. The fourth-order valence-corrected chi connectivity index (χ4v) is 3.79. The number of carbonyl (C=O) groups excluding carboxylic acids is 1. The van der Waals surface area contributed by atoms with Crippen molar-refractivity contribution in [3.05, 3.63) is 24.0 Å². The summed E-state index contributed by atoms with van der Waals surface area (Å²) in [5, 5.41) is 3.35. The Labute approximate surface area is 135 Å². The molecule has 1 heterocycles. The maximum Gasteiger partial charge on any atom is 0.249 e. The summed E-state index contributed by atoms with van der Waals surface area (Å²) >= 11 is 0. The maximum absolute atomic E-state index is 12.7. The highest BCUT2D eigenvalue weighted by Gasteiger charge is 2.32. The standard InChI is InChI=1S/C19H32N2O/c1-5-10-21-11-6-7-16(13-21)19(22)20-18-12-15(4)8-9-17(18)14(2)3/h6,11,13-15,17-18H,5,7-10,12H2,1-4H3,(H,20,22)/t15-,17+,18-/m1/s1. The van der Waals surface area contributed by atoms with E-state index in [0.29, 0.717) is 17.9 Å². The lowest BCUT2D eigenvalue weighted by Crippen LogP contribution is -2.46. The summed E-state index contributed by atoms with van der Waals surface area (Å²) in [6.07, 6.45) is 11.7. The zero-order chi connectivity index (χ0) is 16.1. The van der Waals surface area contributed by atoms with Gasteiger partial charge in [-0.05, 0) is 49.6 Å². The van der Waals surface area contributed by atoms with Gasteiger partial charge in [-0.3, -0.25) is 4.79 Å². The normalized spacial score (nSPS) is 28.7. The fraction of sp³-hybridized carbons (Fsp3) is 0.737. The first-order chi connectivity index (χ1) is 10.5. The largest absolute Gasteiger partial charge is 0.354 e. The van der Waals surface area contributed by atoms with Crippen molar-refractivity contribution in [2.45, 2.75) is 65.8 Å². The van der Waals surface area contributed by atoms with Gasteiger partial charge in [0.2, 0.25) is 5.91 Å². The van der Waals surface area contributed by atoms with Gasteiger partial charge in [0.1, 0.15) is 0 Å². The van der Waals surface area contributed by atoms with Crippen LogP contribution in [0.25, 0.3) is 0 Å². The maximum atomic E-state index is 12.7. The Hall–Kier alpha value is -1.25. The molecule has 0 aromatic carbocycles. The summed E-state index contributed by atoms with van der Waals surface area (Å²) in [7, 11) is 0. The Morgan fingerprint density at radius 1 is 1.41 bits per heavy atom. The van der Waals surface area contributed by atoms with E-state index in [1.54, 1.807) is 0 Å². The lowest BCUT2D eigenvalue weighted by molar-refractivity contribution is -0.119. The van der Waals surface area contributed by atoms with Gasteiger partial charge >= 0.3 is 0 Å². The Kier molecular flexibility index (Phi) is 6.10. The minimum atomic E-state index is 0.134. The topological polar surface area (TPSA) is 32.3 Å². The summed E-state index contributed by atoms with van der Waals surface area (Å²) in [5.74, 6) is 2.11. The molecule has 1 aliphatic carbocycles. The van der Waals surface area contributed by atoms with E-state index in [4.69, 9.17) is 0 Å². The van der Waals surface area contributed by atoms with Gasteiger partial charge in [-0.1, -0.05) is 40.2 Å². The van der Waals surface area contributed by atoms with Gasteiger partial charge in [0, 0.05) is 24.4 Å². The molecule has 1 aliphatic heterocycles. The van der Waals surface area contributed by atoms with Gasteiger partial charge in [-0.15, -0.1) is 0 Å². The number of hydrogen-bond donors (Lipinski definition) is 1. The molecular weight excluding hydrogens is 272 g/mol. The van der Waals surface area contributed by atoms with E-state index in [0.717, 1.165) is 37.3 Å². The van der Waals surface area contributed by atoms with Crippen LogP contribution in [0.1, 0.15) is 59.8 Å². The highest BCUT2D eigenvalue weighted by atomic mass is 16.1. The van der Waals surface area contributed by atoms with Gasteiger partial charge in [0.15, 0.2) is 0 Å². The summed E-state index contributed by atoms with van der Waals surface area (Å²) in [4.78, 5) is 14.8. The number of hydrogen-bond acceptors (Lipinski definition) is 2. The first-order valence-electron chi connectivity index (χ1n) is 8.95. The summed E-state index contributed by atoms with van der Waals surface area (Å²) in [5.41, 5.74) is 0.900. The van der Waals surface area contributed by atoms with Gasteiger partial charge in [-0.25, -0.2) is 0 Å². The number of nitrogens with one attached hydrogen (secondary N) is 1. The van der Waals surface area contributed by atoms with E-state index in [9.17, 15) is 4.79 Å². The second-order valence-corrected chi connectivity index (χ2v) is 7.39. The van der Waals surface area contributed by atoms with Crippen LogP contribution < -0.4 is 5.32 Å². The second kappa shape index (κ2) is 7.85. The summed E-state index contributed by atoms with van der Waals surface area (Å²) in [6.45, 7) is 10.0. The van der Waals surface area contributed by atoms with Crippen molar-refractivity contribution in [1.29, 1.82) is 0 Å². The molecule has 3 heteroatoms. The molecule has 3 atom stereocenters. The molecule has 0 unspecified atom stereocenters. The second-order valence-electron chi connectivity index (χ2n) is 7.39. The Morgan fingerprint density at radius 2 is 2.18 bits per heavy atom.